The van der Waals surface area contributed by atoms with Crippen molar-refractivity contribution in [1.29, 1.82) is 0 Å². The zero-order valence-electron chi connectivity index (χ0n) is 6.73. The van der Waals surface area contributed by atoms with Crippen molar-refractivity contribution >= 4 is 26.0 Å². The van der Waals surface area contributed by atoms with Gasteiger partial charge in [0.1, 0.15) is 4.66 Å². The van der Waals surface area contributed by atoms with Crippen LogP contribution in [0.25, 0.3) is 0 Å². The Morgan fingerprint density at radius 2 is 1.92 bits per heavy atom. The number of nitrogens with one attached hydrogen (secondary N) is 1. The van der Waals surface area contributed by atoms with Crippen LogP contribution in [0.4, 0.5) is 13.2 Å². The Morgan fingerprint density at radius 3 is 2.23 bits per heavy atom. The molecule has 0 aliphatic carbocycles. The summed E-state index contributed by atoms with van der Waals surface area (Å²) in [7, 11) is -3.62. The Morgan fingerprint density at radius 1 is 1.46 bits per heavy atom. The normalized spacial score (nSPS) is 15.8. The van der Waals surface area contributed by atoms with Crippen molar-refractivity contribution in [3.63, 3.8) is 0 Å². The monoisotopic (exact) mass is 283 g/mol. The maximum atomic E-state index is 11.7. The highest BCUT2D eigenvalue weighted by molar-refractivity contribution is 9.10. The molecule has 0 aromatic rings. The number of rotatable bonds is 4. The number of hydrogen-bond acceptors (Lipinski definition) is 2. The second kappa shape index (κ2) is 4.61. The summed E-state index contributed by atoms with van der Waals surface area (Å²) >= 11 is 2.65. The first-order valence-corrected chi connectivity index (χ1v) is 6.06. The Kier molecular flexibility index (Phi) is 4.67. The number of sulfonamides is 1. The minimum Gasteiger partial charge on any atom is -0.212 e. The fourth-order valence-electron chi connectivity index (χ4n) is 0.727. The SMILES string of the molecule is CC(CC(F)(F)F)NS(=O)(=O)CBr. The van der Waals surface area contributed by atoms with Crippen LogP contribution in [0.3, 0.4) is 0 Å². The molecule has 13 heavy (non-hydrogen) atoms. The maximum absolute atomic E-state index is 11.7. The van der Waals surface area contributed by atoms with Gasteiger partial charge in [0.25, 0.3) is 0 Å². The molecule has 0 saturated carbocycles. The summed E-state index contributed by atoms with van der Waals surface area (Å²) in [6, 6.07) is -1.14. The van der Waals surface area contributed by atoms with Crippen LogP contribution in [0, 0.1) is 0 Å². The zero-order chi connectivity index (χ0) is 10.7. The van der Waals surface area contributed by atoms with Crippen LogP contribution in [-0.2, 0) is 10.0 Å². The van der Waals surface area contributed by atoms with Gasteiger partial charge in [0.15, 0.2) is 0 Å². The lowest BCUT2D eigenvalue weighted by Gasteiger charge is -2.14. The van der Waals surface area contributed by atoms with E-state index in [-0.39, 0.29) is 0 Å². The van der Waals surface area contributed by atoms with Gasteiger partial charge in [-0.2, -0.15) is 13.2 Å². The molecule has 0 aromatic carbocycles. The van der Waals surface area contributed by atoms with Gasteiger partial charge in [-0.25, -0.2) is 13.1 Å². The van der Waals surface area contributed by atoms with Gasteiger partial charge in [-0.15, -0.1) is 0 Å². The molecule has 0 aliphatic rings. The van der Waals surface area contributed by atoms with E-state index in [1.165, 1.54) is 0 Å². The Bertz CT molecular complexity index is 251. The van der Waals surface area contributed by atoms with Crippen molar-refractivity contribution in [2.24, 2.45) is 0 Å². The summed E-state index contributed by atoms with van der Waals surface area (Å²) in [5, 5.41) is 0. The molecule has 1 N–H and O–H groups in total. The van der Waals surface area contributed by atoms with E-state index >= 15 is 0 Å². The van der Waals surface area contributed by atoms with Gasteiger partial charge in [0.2, 0.25) is 10.0 Å². The molecule has 0 bridgehead atoms. The smallest absolute Gasteiger partial charge is 0.212 e. The summed E-state index contributed by atoms with van der Waals surface area (Å²) in [6.45, 7) is 1.16. The molecule has 80 valence electrons. The van der Waals surface area contributed by atoms with Gasteiger partial charge in [0.05, 0.1) is 6.42 Å². The molecular weight excluding hydrogens is 275 g/mol. The highest BCUT2D eigenvalue weighted by atomic mass is 79.9. The first-order chi connectivity index (χ1) is 5.66. The highest BCUT2D eigenvalue weighted by Gasteiger charge is 2.31. The largest absolute Gasteiger partial charge is 0.390 e. The van der Waals surface area contributed by atoms with Crippen molar-refractivity contribution in [3.8, 4) is 0 Å². The van der Waals surface area contributed by atoms with Gasteiger partial charge >= 0.3 is 6.18 Å². The first kappa shape index (κ1) is 13.2. The minimum absolute atomic E-state index is 0.401. The van der Waals surface area contributed by atoms with E-state index in [1.807, 2.05) is 4.72 Å². The summed E-state index contributed by atoms with van der Waals surface area (Å²) in [6.07, 6.45) is -5.52. The number of alkyl halides is 4. The predicted octanol–water partition coefficient (Wildman–Crippen LogP) is 1.60. The number of hydrogen-bond donors (Lipinski definition) is 1. The van der Waals surface area contributed by atoms with E-state index in [1.54, 1.807) is 0 Å². The second-order valence-electron chi connectivity index (χ2n) is 2.56. The molecule has 0 aliphatic heterocycles. The van der Waals surface area contributed by atoms with Crippen molar-refractivity contribution in [1.82, 2.24) is 4.72 Å². The van der Waals surface area contributed by atoms with E-state index in [4.69, 9.17) is 0 Å². The molecule has 1 atom stereocenters. The van der Waals surface area contributed by atoms with Gasteiger partial charge in [0, 0.05) is 6.04 Å². The lowest BCUT2D eigenvalue weighted by Crippen LogP contribution is -2.36. The maximum Gasteiger partial charge on any atom is 0.390 e. The van der Waals surface area contributed by atoms with Crippen molar-refractivity contribution in [2.45, 2.75) is 25.6 Å². The average molecular weight is 284 g/mol. The summed E-state index contributed by atoms with van der Waals surface area (Å²) in [4.78, 5) is 0. The molecule has 0 heterocycles. The second-order valence-corrected chi connectivity index (χ2v) is 5.62. The molecule has 0 rings (SSSR count). The van der Waals surface area contributed by atoms with Crippen LogP contribution >= 0.6 is 15.9 Å². The molecule has 3 nitrogen and oxygen atoms in total. The summed E-state index contributed by atoms with van der Waals surface area (Å²) in [5.41, 5.74) is 0. The minimum atomic E-state index is -4.35. The molecule has 0 aromatic heterocycles. The third-order valence-electron chi connectivity index (χ3n) is 1.06. The molecule has 1 unspecified atom stereocenters. The van der Waals surface area contributed by atoms with E-state index < -0.39 is 33.3 Å². The average Bonchev–Trinajstić information content (AvgIpc) is 1.81. The van der Waals surface area contributed by atoms with Crippen LogP contribution in [0.5, 0.6) is 0 Å². The molecule has 0 spiro atoms. The Hall–Kier alpha value is 0.180. The molecule has 0 amide bonds. The van der Waals surface area contributed by atoms with E-state index in [0.29, 0.717) is 0 Å². The van der Waals surface area contributed by atoms with Crippen LogP contribution < -0.4 is 4.72 Å². The third kappa shape index (κ3) is 7.27. The fourth-order valence-corrected chi connectivity index (χ4v) is 1.88. The van der Waals surface area contributed by atoms with Crippen molar-refractivity contribution in [2.75, 3.05) is 4.66 Å². The van der Waals surface area contributed by atoms with E-state index in [9.17, 15) is 21.6 Å². The Labute approximate surface area is 82.9 Å². The van der Waals surface area contributed by atoms with E-state index in [2.05, 4.69) is 15.9 Å². The quantitative estimate of drug-likeness (QED) is 0.797. The molecular formula is C5H9BrF3NO2S. The molecule has 0 radical (unpaired) electrons. The van der Waals surface area contributed by atoms with Gasteiger partial charge in [-0.05, 0) is 6.92 Å². The van der Waals surface area contributed by atoms with Gasteiger partial charge in [-0.3, -0.25) is 0 Å². The molecule has 0 saturated heterocycles. The molecule has 8 heteroatoms. The molecule has 0 fully saturated rings. The van der Waals surface area contributed by atoms with Crippen LogP contribution in [0.15, 0.2) is 0 Å². The zero-order valence-corrected chi connectivity index (χ0v) is 9.13. The Balaban J connectivity index is 4.10. The fraction of sp³-hybridized carbons (Fsp3) is 1.00. The lowest BCUT2D eigenvalue weighted by atomic mass is 10.2. The topological polar surface area (TPSA) is 46.2 Å². The lowest BCUT2D eigenvalue weighted by molar-refractivity contribution is -0.137. The van der Waals surface area contributed by atoms with Crippen LogP contribution in [0.2, 0.25) is 0 Å². The van der Waals surface area contributed by atoms with Gasteiger partial charge < -0.3 is 0 Å². The highest BCUT2D eigenvalue weighted by Crippen LogP contribution is 2.21. The van der Waals surface area contributed by atoms with Gasteiger partial charge in [-0.1, -0.05) is 15.9 Å². The third-order valence-corrected chi connectivity index (χ3v) is 3.92. The standard InChI is InChI=1S/C5H9BrF3NO2S/c1-4(2-5(7,8)9)10-13(11,12)3-6/h4,10H,2-3H2,1H3. The van der Waals surface area contributed by atoms with Crippen LogP contribution in [0.1, 0.15) is 13.3 Å². The predicted molar refractivity (Wildman–Crippen MR) is 46.0 cm³/mol. The summed E-state index contributed by atoms with van der Waals surface area (Å²) in [5.74, 6) is 0. The van der Waals surface area contributed by atoms with E-state index in [0.717, 1.165) is 6.92 Å². The van der Waals surface area contributed by atoms with Crippen LogP contribution in [-0.4, -0.2) is 25.3 Å². The number of halogens is 4. The summed E-state index contributed by atoms with van der Waals surface area (Å²) < 4.78 is 58.2. The van der Waals surface area contributed by atoms with Crippen molar-refractivity contribution < 1.29 is 21.6 Å². The first-order valence-electron chi connectivity index (χ1n) is 3.29. The van der Waals surface area contributed by atoms with Crippen molar-refractivity contribution in [3.05, 3.63) is 0 Å².